The van der Waals surface area contributed by atoms with Crippen LogP contribution in [0.3, 0.4) is 0 Å². The van der Waals surface area contributed by atoms with Gasteiger partial charge in [0.25, 0.3) is 26.0 Å². The van der Waals surface area contributed by atoms with Crippen LogP contribution >= 0.6 is 34.8 Å². The van der Waals surface area contributed by atoms with Gasteiger partial charge < -0.3 is 5.32 Å². The lowest BCUT2D eigenvalue weighted by Crippen LogP contribution is -2.16. The second kappa shape index (κ2) is 11.2. The first-order valence-corrected chi connectivity index (χ1v) is 14.8. The summed E-state index contributed by atoms with van der Waals surface area (Å²) in [5, 5.41) is 2.96. The molecule has 0 heterocycles. The molecule has 0 radical (unpaired) electrons. The number of hydrogen-bond donors (Lipinski definition) is 3. The molecule has 38 heavy (non-hydrogen) atoms. The van der Waals surface area contributed by atoms with Gasteiger partial charge in [-0.1, -0.05) is 59.1 Å². The Morgan fingerprint density at radius 1 is 0.605 bits per heavy atom. The molecule has 0 aliphatic rings. The molecule has 8 nitrogen and oxygen atoms in total. The Kier molecular flexibility index (Phi) is 8.19. The number of anilines is 3. The molecule has 0 saturated heterocycles. The predicted octanol–water partition coefficient (Wildman–Crippen LogP) is 6.50. The van der Waals surface area contributed by atoms with Gasteiger partial charge in [-0.3, -0.25) is 14.2 Å². The van der Waals surface area contributed by atoms with Crippen molar-refractivity contribution in [2.24, 2.45) is 0 Å². The van der Waals surface area contributed by atoms with E-state index in [9.17, 15) is 21.6 Å². The number of sulfonamides is 2. The summed E-state index contributed by atoms with van der Waals surface area (Å²) < 4.78 is 55.5. The molecule has 4 aromatic rings. The van der Waals surface area contributed by atoms with Crippen molar-refractivity contribution < 1.29 is 21.6 Å². The summed E-state index contributed by atoms with van der Waals surface area (Å²) in [4.78, 5) is 12.9. The zero-order valence-electron chi connectivity index (χ0n) is 19.2. The van der Waals surface area contributed by atoms with E-state index < -0.39 is 26.0 Å². The molecule has 3 N–H and O–H groups in total. The van der Waals surface area contributed by atoms with E-state index in [2.05, 4.69) is 14.8 Å². The maximum atomic E-state index is 12.9. The molecule has 196 valence electrons. The summed E-state index contributed by atoms with van der Waals surface area (Å²) in [6.45, 7) is 0. The van der Waals surface area contributed by atoms with Gasteiger partial charge in [0, 0.05) is 11.4 Å². The highest BCUT2D eigenvalue weighted by atomic mass is 35.5. The van der Waals surface area contributed by atoms with Crippen LogP contribution in [0, 0.1) is 0 Å². The van der Waals surface area contributed by atoms with Gasteiger partial charge in [-0.05, 0) is 66.7 Å². The topological polar surface area (TPSA) is 121 Å². The summed E-state index contributed by atoms with van der Waals surface area (Å²) in [7, 11) is -7.87. The van der Waals surface area contributed by atoms with Gasteiger partial charge in [-0.25, -0.2) is 16.8 Å². The van der Waals surface area contributed by atoms with Gasteiger partial charge >= 0.3 is 0 Å². The van der Waals surface area contributed by atoms with Crippen molar-refractivity contribution in [1.29, 1.82) is 0 Å². The largest absolute Gasteiger partial charge is 0.322 e. The second-order valence-electron chi connectivity index (χ2n) is 7.80. The Morgan fingerprint density at radius 3 is 1.89 bits per heavy atom. The monoisotopic (exact) mass is 609 g/mol. The van der Waals surface area contributed by atoms with E-state index in [4.69, 9.17) is 34.8 Å². The summed E-state index contributed by atoms with van der Waals surface area (Å²) in [6, 6.07) is 21.8. The Bertz CT molecular complexity index is 1720. The lowest BCUT2D eigenvalue weighted by Gasteiger charge is -2.12. The fourth-order valence-electron chi connectivity index (χ4n) is 3.28. The van der Waals surface area contributed by atoms with Gasteiger partial charge in [0.05, 0.1) is 36.1 Å². The highest BCUT2D eigenvalue weighted by molar-refractivity contribution is 7.93. The predicted molar refractivity (Wildman–Crippen MR) is 150 cm³/mol. The van der Waals surface area contributed by atoms with Crippen LogP contribution in [0.15, 0.2) is 101 Å². The number of benzene rings is 4. The van der Waals surface area contributed by atoms with Gasteiger partial charge in [-0.15, -0.1) is 0 Å². The minimum absolute atomic E-state index is 0.00823. The standard InChI is InChI=1S/C25H18Cl3N3O5S2/c26-21-14-11-17(30-37(33,34)18-5-2-1-3-6-18)15-20(21)25(32)29-16-9-12-19(13-10-16)38(35,36)31-23-8-4-7-22(27)24(23)28/h1-15,30-31H,(H,29,32). The fraction of sp³-hybridized carbons (Fsp3) is 0. The van der Waals surface area contributed by atoms with Gasteiger partial charge in [0.2, 0.25) is 0 Å². The van der Waals surface area contributed by atoms with E-state index in [0.29, 0.717) is 0 Å². The van der Waals surface area contributed by atoms with Crippen LogP contribution in [0.5, 0.6) is 0 Å². The summed E-state index contributed by atoms with van der Waals surface area (Å²) in [6.07, 6.45) is 0. The second-order valence-corrected chi connectivity index (χ2v) is 12.4. The maximum Gasteiger partial charge on any atom is 0.261 e. The number of carbonyl (C=O) groups excluding carboxylic acids is 1. The lowest BCUT2D eigenvalue weighted by molar-refractivity contribution is 0.102. The molecule has 0 aromatic heterocycles. The van der Waals surface area contributed by atoms with Crippen LogP contribution < -0.4 is 14.8 Å². The number of amides is 1. The molecule has 4 aromatic carbocycles. The number of hydrogen-bond acceptors (Lipinski definition) is 5. The molecule has 0 spiro atoms. The highest BCUT2D eigenvalue weighted by Gasteiger charge is 2.19. The zero-order valence-corrected chi connectivity index (χ0v) is 23.1. The minimum atomic E-state index is -3.99. The van der Waals surface area contributed by atoms with Gasteiger partial charge in [0.15, 0.2) is 0 Å². The lowest BCUT2D eigenvalue weighted by atomic mass is 10.2. The van der Waals surface area contributed by atoms with Crippen molar-refractivity contribution in [2.45, 2.75) is 9.79 Å². The van der Waals surface area contributed by atoms with E-state index in [1.165, 1.54) is 66.7 Å². The maximum absolute atomic E-state index is 12.9. The van der Waals surface area contributed by atoms with Crippen molar-refractivity contribution in [3.8, 4) is 0 Å². The smallest absolute Gasteiger partial charge is 0.261 e. The average Bonchev–Trinajstić information content (AvgIpc) is 2.88. The molecule has 0 atom stereocenters. The van der Waals surface area contributed by atoms with E-state index >= 15 is 0 Å². The number of nitrogens with one attached hydrogen (secondary N) is 3. The van der Waals surface area contributed by atoms with Gasteiger partial charge in [0.1, 0.15) is 0 Å². The molecule has 0 bridgehead atoms. The number of carbonyl (C=O) groups is 1. The van der Waals surface area contributed by atoms with Crippen LogP contribution in [0.1, 0.15) is 10.4 Å². The summed E-state index contributed by atoms with van der Waals surface area (Å²) in [5.74, 6) is -0.629. The molecule has 0 unspecified atom stereocenters. The third kappa shape index (κ3) is 6.40. The normalized spacial score (nSPS) is 11.6. The quantitative estimate of drug-likeness (QED) is 0.210. The fourth-order valence-corrected chi connectivity index (χ4v) is 6.03. The third-order valence-corrected chi connectivity index (χ3v) is 9.06. The highest BCUT2D eigenvalue weighted by Crippen LogP contribution is 2.31. The first-order chi connectivity index (χ1) is 18.0. The van der Waals surface area contributed by atoms with Crippen LogP contribution in [0.2, 0.25) is 15.1 Å². The minimum Gasteiger partial charge on any atom is -0.322 e. The SMILES string of the molecule is O=C(Nc1ccc(S(=O)(=O)Nc2cccc(Cl)c2Cl)cc1)c1cc(NS(=O)(=O)c2ccccc2)ccc1Cl. The number of halogens is 3. The van der Waals surface area contributed by atoms with Crippen molar-refractivity contribution >= 4 is 77.8 Å². The molecule has 0 aliphatic heterocycles. The molecule has 0 saturated carbocycles. The molecular formula is C25H18Cl3N3O5S2. The molecule has 0 fully saturated rings. The van der Waals surface area contributed by atoms with Crippen LogP contribution in [-0.2, 0) is 20.0 Å². The van der Waals surface area contributed by atoms with E-state index in [1.54, 1.807) is 24.3 Å². The summed E-state index contributed by atoms with van der Waals surface area (Å²) in [5.41, 5.74) is 0.541. The zero-order chi connectivity index (χ0) is 27.5. The third-order valence-electron chi connectivity index (χ3n) is 5.14. The number of rotatable bonds is 8. The average molecular weight is 611 g/mol. The molecule has 13 heteroatoms. The van der Waals surface area contributed by atoms with Crippen LogP contribution in [0.25, 0.3) is 0 Å². The van der Waals surface area contributed by atoms with Crippen molar-refractivity contribution in [3.05, 3.63) is 112 Å². The molecule has 1 amide bonds. The van der Waals surface area contributed by atoms with E-state index in [0.717, 1.165) is 0 Å². The van der Waals surface area contributed by atoms with Gasteiger partial charge in [-0.2, -0.15) is 0 Å². The van der Waals surface area contributed by atoms with E-state index in [-0.39, 0.29) is 47.5 Å². The summed E-state index contributed by atoms with van der Waals surface area (Å²) >= 11 is 18.2. The Hall–Kier alpha value is -3.28. The first-order valence-electron chi connectivity index (χ1n) is 10.7. The van der Waals surface area contributed by atoms with Crippen LogP contribution in [0.4, 0.5) is 17.1 Å². The van der Waals surface area contributed by atoms with Crippen molar-refractivity contribution in [1.82, 2.24) is 0 Å². The Balaban J connectivity index is 1.49. The van der Waals surface area contributed by atoms with Crippen molar-refractivity contribution in [3.63, 3.8) is 0 Å². The Morgan fingerprint density at radius 2 is 1.21 bits per heavy atom. The first kappa shape index (κ1) is 27.7. The molecule has 4 rings (SSSR count). The molecular weight excluding hydrogens is 593 g/mol. The molecule has 0 aliphatic carbocycles. The van der Waals surface area contributed by atoms with Crippen molar-refractivity contribution in [2.75, 3.05) is 14.8 Å². The van der Waals surface area contributed by atoms with Crippen LogP contribution in [-0.4, -0.2) is 22.7 Å². The Labute approximate surface area is 234 Å². The van der Waals surface area contributed by atoms with E-state index in [1.807, 2.05) is 0 Å².